The first-order valence-corrected chi connectivity index (χ1v) is 5.24. The second-order valence-electron chi connectivity index (χ2n) is 3.21. The maximum absolute atomic E-state index is 13.5. The molecule has 0 fully saturated rings. The molecule has 0 saturated carbocycles. The summed E-state index contributed by atoms with van der Waals surface area (Å²) in [6, 6.07) is 0. The summed E-state index contributed by atoms with van der Waals surface area (Å²) in [5.41, 5.74) is 8.72. The Morgan fingerprint density at radius 1 is 1.08 bits per heavy atom. The molecule has 0 aromatic heterocycles. The van der Waals surface area contributed by atoms with Crippen LogP contribution in [-0.4, -0.2) is 29.5 Å². The van der Waals surface area contributed by atoms with Crippen molar-refractivity contribution in [3.8, 4) is 0 Å². The Labute approximate surface area is 88.2 Å². The van der Waals surface area contributed by atoms with Crippen LogP contribution in [0.1, 0.15) is 12.8 Å². The van der Waals surface area contributed by atoms with Gasteiger partial charge in [0.25, 0.3) is 0 Å². The van der Waals surface area contributed by atoms with Crippen LogP contribution in [0.5, 0.6) is 0 Å². The van der Waals surface area contributed by atoms with Crippen molar-refractivity contribution in [3.63, 3.8) is 0 Å². The van der Waals surface area contributed by atoms with Crippen LogP contribution < -0.4 is 11.5 Å². The molecule has 2 nitrogen and oxygen atoms in total. The third-order valence-electron chi connectivity index (χ3n) is 1.90. The highest BCUT2D eigenvalue weighted by molar-refractivity contribution is 7.80. The van der Waals surface area contributed by atoms with E-state index in [1.165, 1.54) is 0 Å². The predicted octanol–water partition coefficient (Wildman–Crippen LogP) is 0.918. The fourth-order valence-electron chi connectivity index (χ4n) is 0.757. The van der Waals surface area contributed by atoms with E-state index in [4.69, 9.17) is 11.5 Å². The summed E-state index contributed by atoms with van der Waals surface area (Å²) in [6.07, 6.45) is -0.120. The van der Waals surface area contributed by atoms with Crippen LogP contribution in [0.2, 0.25) is 0 Å². The van der Waals surface area contributed by atoms with Gasteiger partial charge in [-0.15, -0.1) is 0 Å². The van der Waals surface area contributed by atoms with E-state index < -0.39 is 11.5 Å². The van der Waals surface area contributed by atoms with Crippen molar-refractivity contribution in [1.82, 2.24) is 0 Å². The zero-order chi connectivity index (χ0) is 10.5. The minimum Gasteiger partial charge on any atom is -0.327 e. The van der Waals surface area contributed by atoms with Gasteiger partial charge in [-0.1, -0.05) is 0 Å². The van der Waals surface area contributed by atoms with Gasteiger partial charge >= 0.3 is 0 Å². The van der Waals surface area contributed by atoms with Gasteiger partial charge in [-0.3, -0.25) is 5.73 Å². The van der Waals surface area contributed by atoms with Crippen LogP contribution in [0.3, 0.4) is 0 Å². The van der Waals surface area contributed by atoms with Crippen molar-refractivity contribution >= 4 is 25.3 Å². The van der Waals surface area contributed by atoms with Crippen LogP contribution in [0.25, 0.3) is 0 Å². The molecule has 0 aliphatic carbocycles. The highest BCUT2D eigenvalue weighted by atomic mass is 32.1. The van der Waals surface area contributed by atoms with Crippen LogP contribution in [-0.2, 0) is 0 Å². The lowest BCUT2D eigenvalue weighted by molar-refractivity contribution is 0.125. The lowest BCUT2D eigenvalue weighted by Gasteiger charge is -2.25. The topological polar surface area (TPSA) is 52.0 Å². The van der Waals surface area contributed by atoms with Gasteiger partial charge in [-0.25, -0.2) is 8.78 Å². The molecular formula is C7H16F2N2S2. The monoisotopic (exact) mass is 230 g/mol. The summed E-state index contributed by atoms with van der Waals surface area (Å²) in [4.78, 5) is 0. The quantitative estimate of drug-likeness (QED) is 0.405. The van der Waals surface area contributed by atoms with Crippen LogP contribution >= 0.6 is 25.3 Å². The minimum absolute atomic E-state index is 0.0217. The van der Waals surface area contributed by atoms with Gasteiger partial charge in [-0.2, -0.15) is 25.3 Å². The first kappa shape index (κ1) is 13.5. The molecule has 0 spiro atoms. The minimum atomic E-state index is -1.92. The second kappa shape index (κ2) is 5.38. The molecule has 0 rings (SSSR count). The van der Waals surface area contributed by atoms with Crippen LogP contribution in [0.15, 0.2) is 0 Å². The summed E-state index contributed by atoms with van der Waals surface area (Å²) >= 11 is 7.52. The van der Waals surface area contributed by atoms with E-state index >= 15 is 0 Å². The zero-order valence-electron chi connectivity index (χ0n) is 7.34. The number of rotatable bonds is 6. The summed E-state index contributed by atoms with van der Waals surface area (Å²) in [7, 11) is 0. The lowest BCUT2D eigenvalue weighted by Crippen LogP contribution is -2.42. The molecule has 6 heteroatoms. The van der Waals surface area contributed by atoms with Crippen molar-refractivity contribution in [1.29, 1.82) is 0 Å². The molecule has 80 valence electrons. The molecule has 0 saturated heterocycles. The molecule has 0 aliphatic rings. The van der Waals surface area contributed by atoms with Gasteiger partial charge in [0.1, 0.15) is 5.67 Å². The van der Waals surface area contributed by atoms with E-state index in [0.29, 0.717) is 0 Å². The van der Waals surface area contributed by atoms with E-state index in [0.717, 1.165) is 0 Å². The Kier molecular flexibility index (Phi) is 5.58. The number of nitrogens with two attached hydrogens (primary N) is 2. The molecule has 0 unspecified atom stereocenters. The van der Waals surface area contributed by atoms with Crippen LogP contribution in [0, 0.1) is 0 Å². The van der Waals surface area contributed by atoms with E-state index in [-0.39, 0.29) is 30.9 Å². The molecule has 0 aromatic rings. The largest absolute Gasteiger partial charge is 0.327 e. The Hall–Kier alpha value is 0.480. The fraction of sp³-hybridized carbons (Fsp3) is 1.00. The average molecular weight is 230 g/mol. The van der Waals surface area contributed by atoms with Crippen LogP contribution in [0.4, 0.5) is 8.78 Å². The van der Waals surface area contributed by atoms with E-state index in [2.05, 4.69) is 25.3 Å². The Morgan fingerprint density at radius 3 is 1.92 bits per heavy atom. The summed E-state index contributed by atoms with van der Waals surface area (Å²) in [5.74, 6) is -2.06. The maximum atomic E-state index is 13.5. The van der Waals surface area contributed by atoms with Gasteiger partial charge in [-0.05, 0) is 12.8 Å². The van der Waals surface area contributed by atoms with E-state index in [9.17, 15) is 8.78 Å². The van der Waals surface area contributed by atoms with Gasteiger partial charge in [0.2, 0.25) is 0 Å². The standard InChI is InChI=1S/C7H16F2N2S2/c8-6(3-10,4-12)1-2-7(9,11)5-13/h12-13H,1-5,10-11H2/t6-,7+/m1/s1. The Bertz CT molecular complexity index is 151. The number of halogens is 2. The van der Waals surface area contributed by atoms with Gasteiger partial charge in [0.15, 0.2) is 5.79 Å². The van der Waals surface area contributed by atoms with Crippen molar-refractivity contribution in [3.05, 3.63) is 0 Å². The Morgan fingerprint density at radius 2 is 1.62 bits per heavy atom. The summed E-state index contributed by atoms with van der Waals surface area (Å²) < 4.78 is 26.6. The predicted molar refractivity (Wildman–Crippen MR) is 57.9 cm³/mol. The number of alkyl halides is 2. The third-order valence-corrected chi connectivity index (χ3v) is 2.99. The SMILES string of the molecule is NC[C@@](F)(CS)CC[C@@](N)(F)CS. The highest BCUT2D eigenvalue weighted by Crippen LogP contribution is 2.24. The first-order valence-electron chi connectivity index (χ1n) is 3.98. The van der Waals surface area contributed by atoms with Crippen molar-refractivity contribution < 1.29 is 8.78 Å². The number of thiol groups is 2. The molecule has 0 radical (unpaired) electrons. The molecule has 0 aromatic carbocycles. The van der Waals surface area contributed by atoms with Gasteiger partial charge in [0.05, 0.1) is 0 Å². The number of hydrogen-bond donors (Lipinski definition) is 4. The molecule has 0 bridgehead atoms. The second-order valence-corrected chi connectivity index (χ2v) is 3.84. The molecule has 0 heterocycles. The molecule has 2 atom stereocenters. The summed E-state index contributed by atoms with van der Waals surface area (Å²) in [5, 5.41) is 0. The van der Waals surface area contributed by atoms with Crippen molar-refractivity contribution in [2.75, 3.05) is 18.1 Å². The van der Waals surface area contributed by atoms with Crippen molar-refractivity contribution in [2.45, 2.75) is 24.3 Å². The first-order chi connectivity index (χ1) is 5.89. The average Bonchev–Trinajstić information content (AvgIpc) is 2.14. The Balaban J connectivity index is 3.99. The lowest BCUT2D eigenvalue weighted by atomic mass is 9.98. The van der Waals surface area contributed by atoms with Crippen molar-refractivity contribution in [2.24, 2.45) is 11.5 Å². The number of hydrogen-bond acceptors (Lipinski definition) is 4. The normalized spacial score (nSPS) is 20.8. The zero-order valence-corrected chi connectivity index (χ0v) is 9.13. The smallest absolute Gasteiger partial charge is 0.168 e. The van der Waals surface area contributed by atoms with Gasteiger partial charge < -0.3 is 5.73 Å². The summed E-state index contributed by atoms with van der Waals surface area (Å²) in [6.45, 7) is -0.168. The van der Waals surface area contributed by atoms with E-state index in [1.807, 2.05) is 0 Å². The molecular weight excluding hydrogens is 214 g/mol. The molecule has 4 N–H and O–H groups in total. The third kappa shape index (κ3) is 5.05. The van der Waals surface area contributed by atoms with E-state index in [1.54, 1.807) is 0 Å². The fourth-order valence-corrected chi connectivity index (χ4v) is 1.20. The highest BCUT2D eigenvalue weighted by Gasteiger charge is 2.31. The maximum Gasteiger partial charge on any atom is 0.168 e. The molecule has 13 heavy (non-hydrogen) atoms. The van der Waals surface area contributed by atoms with Gasteiger partial charge in [0, 0.05) is 18.1 Å². The molecule has 0 aliphatic heterocycles. The molecule has 0 amide bonds.